The van der Waals surface area contributed by atoms with Gasteiger partial charge in [-0.3, -0.25) is 4.79 Å². The summed E-state index contributed by atoms with van der Waals surface area (Å²) in [5.74, 6) is 0. The summed E-state index contributed by atoms with van der Waals surface area (Å²) >= 11 is 11.4. The van der Waals surface area contributed by atoms with E-state index in [4.69, 9.17) is 0 Å². The van der Waals surface area contributed by atoms with Gasteiger partial charge in [-0.25, -0.2) is 0 Å². The fraction of sp³-hybridized carbons (Fsp3) is 0.414. The molecule has 0 aliphatic heterocycles. The first-order chi connectivity index (χ1) is 16.3. The molecule has 1 nitrogen and oxygen atoms in total. The van der Waals surface area contributed by atoms with Crippen LogP contribution in [-0.2, 0) is 10.8 Å². The molecule has 5 rings (SSSR count). The van der Waals surface area contributed by atoms with Crippen LogP contribution in [0.5, 0.6) is 0 Å². The molecule has 0 N–H and O–H groups in total. The Morgan fingerprint density at radius 3 is 1.83 bits per heavy atom. The van der Waals surface area contributed by atoms with Crippen LogP contribution < -0.4 is 0 Å². The van der Waals surface area contributed by atoms with Crippen LogP contribution in [-0.4, -0.2) is 5.12 Å². The summed E-state index contributed by atoms with van der Waals surface area (Å²) in [7, 11) is 0. The van der Waals surface area contributed by atoms with Gasteiger partial charge in [-0.2, -0.15) is 0 Å². The van der Waals surface area contributed by atoms with E-state index in [0.29, 0.717) is 0 Å². The summed E-state index contributed by atoms with van der Waals surface area (Å²) in [6, 6.07) is 6.84. The Bertz CT molecular complexity index is 1510. The molecule has 6 heteroatoms. The molecule has 0 atom stereocenters. The fourth-order valence-corrected chi connectivity index (χ4v) is 9.87. The Labute approximate surface area is 230 Å². The van der Waals surface area contributed by atoms with E-state index in [0.717, 1.165) is 4.88 Å². The Balaban J connectivity index is 0.00000141. The third kappa shape index (κ3) is 4.54. The zero-order chi connectivity index (χ0) is 26.0. The molecule has 0 radical (unpaired) electrons. The molecule has 1 aromatic carbocycles. The van der Waals surface area contributed by atoms with Crippen molar-refractivity contribution in [3.8, 4) is 9.75 Å². The van der Waals surface area contributed by atoms with Gasteiger partial charge in [-0.15, -0.1) is 45.3 Å². The van der Waals surface area contributed by atoms with Gasteiger partial charge in [-0.1, -0.05) is 68.0 Å². The van der Waals surface area contributed by atoms with E-state index in [1.807, 2.05) is 47.9 Å². The number of rotatable bonds is 2. The highest BCUT2D eigenvalue weighted by atomic mass is 32.1. The van der Waals surface area contributed by atoms with Crippen molar-refractivity contribution in [3.63, 3.8) is 0 Å². The number of thiophene rings is 4. The number of aryl methyl sites for hydroxylation is 2. The van der Waals surface area contributed by atoms with Crippen molar-refractivity contribution in [1.29, 1.82) is 0 Å². The van der Waals surface area contributed by atoms with E-state index in [-0.39, 0.29) is 15.9 Å². The second-order valence-electron chi connectivity index (χ2n) is 10.9. The highest BCUT2D eigenvalue weighted by Crippen LogP contribution is 2.51. The van der Waals surface area contributed by atoms with Crippen LogP contribution in [0, 0.1) is 13.8 Å². The number of hydrogen-bond acceptors (Lipinski definition) is 5. The van der Waals surface area contributed by atoms with Crippen molar-refractivity contribution in [1.82, 2.24) is 0 Å². The van der Waals surface area contributed by atoms with Crippen LogP contribution in [0.15, 0.2) is 18.2 Å². The Morgan fingerprint density at radius 2 is 1.29 bits per heavy atom. The van der Waals surface area contributed by atoms with Crippen LogP contribution in [0.3, 0.4) is 0 Å². The van der Waals surface area contributed by atoms with E-state index in [2.05, 4.69) is 86.2 Å². The van der Waals surface area contributed by atoms with Crippen LogP contribution in [0.2, 0.25) is 0 Å². The van der Waals surface area contributed by atoms with Gasteiger partial charge in [0.15, 0.2) is 0 Å². The third-order valence-corrected chi connectivity index (χ3v) is 12.6. The molecule has 4 heterocycles. The fourth-order valence-electron chi connectivity index (χ4n) is 4.34. The number of carbonyl (C=O) groups is 1. The molecule has 5 aromatic rings. The lowest BCUT2D eigenvalue weighted by Crippen LogP contribution is -2.08. The number of carbonyl (C=O) groups excluding carboxylic acids is 1. The lowest BCUT2D eigenvalue weighted by Gasteiger charge is -2.16. The zero-order valence-electron chi connectivity index (χ0n) is 22.2. The smallest absolute Gasteiger partial charge is 0.226 e. The molecule has 0 aliphatic carbocycles. The number of hydrogen-bond donors (Lipinski definition) is 1. The molecule has 186 valence electrons. The van der Waals surface area contributed by atoms with E-state index in [9.17, 15) is 4.79 Å². The minimum Gasteiger partial charge on any atom is -0.281 e. The summed E-state index contributed by atoms with van der Waals surface area (Å²) in [5.41, 5.74) is 2.95. The summed E-state index contributed by atoms with van der Waals surface area (Å²) in [6.45, 7) is 22.2. The van der Waals surface area contributed by atoms with E-state index in [1.54, 1.807) is 11.3 Å². The maximum Gasteiger partial charge on any atom is 0.226 e. The SMILES string of the molecule is CC.Cc1c2cc(C(C)(C)C)sc2c(C)c2cc(-c3sc(C(C)(C)C)c4sc(C(=O)S)cc34)sc12. The maximum atomic E-state index is 12.0. The second kappa shape index (κ2) is 9.29. The minimum atomic E-state index is -0.148. The highest BCUT2D eigenvalue weighted by molar-refractivity contribution is 7.97. The average molecular weight is 559 g/mol. The van der Waals surface area contributed by atoms with Crippen LogP contribution in [0.25, 0.3) is 40.0 Å². The van der Waals surface area contributed by atoms with Gasteiger partial charge in [0.05, 0.1) is 14.5 Å². The molecule has 0 bridgehead atoms. The van der Waals surface area contributed by atoms with Crippen LogP contribution in [0.4, 0.5) is 0 Å². The standard InChI is InChI=1S/C27H28OS5.C2H6/c1-12-14-9-17(30-20(14)13(2)15-11-19(26(3,4)5)32-21(12)15)22-16-10-18(25(28)29)31-23(16)24(33-22)27(6,7)8;1-2/h9-11H,1-8H3,(H,28,29);1-2H3. The lowest BCUT2D eigenvalue weighted by molar-refractivity contribution is 0.109. The third-order valence-electron chi connectivity index (χ3n) is 6.20. The first-order valence-electron chi connectivity index (χ1n) is 12.0. The summed E-state index contributed by atoms with van der Waals surface area (Å²) in [4.78, 5) is 18.1. The predicted molar refractivity (Wildman–Crippen MR) is 167 cm³/mol. The first-order valence-corrected chi connectivity index (χ1v) is 15.8. The van der Waals surface area contributed by atoms with Gasteiger partial charge in [0.2, 0.25) is 5.12 Å². The van der Waals surface area contributed by atoms with E-state index in [1.165, 1.54) is 60.9 Å². The second-order valence-corrected chi connectivity index (χ2v) is 15.5. The Hall–Kier alpha value is -1.18. The first kappa shape index (κ1) is 26.9. The van der Waals surface area contributed by atoms with Crippen molar-refractivity contribution in [2.24, 2.45) is 0 Å². The molecule has 0 spiro atoms. The average Bonchev–Trinajstić information content (AvgIpc) is 3.52. The minimum absolute atomic E-state index is 0.0252. The number of thiol groups is 1. The van der Waals surface area contributed by atoms with Gasteiger partial charge >= 0.3 is 0 Å². The molecule has 0 aliphatic rings. The predicted octanol–water partition coefficient (Wildman–Crippen LogP) is 11.4. The van der Waals surface area contributed by atoms with Gasteiger partial charge in [0, 0.05) is 29.4 Å². The van der Waals surface area contributed by atoms with Crippen molar-refractivity contribution >= 4 is 93.3 Å². The van der Waals surface area contributed by atoms with Crippen molar-refractivity contribution < 1.29 is 4.79 Å². The molecule has 0 amide bonds. The molecule has 4 aromatic heterocycles. The van der Waals surface area contributed by atoms with Gasteiger partial charge in [0.1, 0.15) is 0 Å². The van der Waals surface area contributed by atoms with Crippen molar-refractivity contribution in [2.75, 3.05) is 0 Å². The van der Waals surface area contributed by atoms with Crippen molar-refractivity contribution in [2.45, 2.75) is 80.1 Å². The molecule has 35 heavy (non-hydrogen) atoms. The Kier molecular flexibility index (Phi) is 7.13. The lowest BCUT2D eigenvalue weighted by atomic mass is 9.93. The summed E-state index contributed by atoms with van der Waals surface area (Å²) in [5, 5.41) is 3.81. The molecular formula is C29H34OS5. The molecular weight excluding hydrogens is 525 g/mol. The molecule has 0 saturated heterocycles. The molecule has 0 unspecified atom stereocenters. The van der Waals surface area contributed by atoms with Crippen LogP contribution in [0.1, 0.15) is 85.9 Å². The molecule has 0 fully saturated rings. The van der Waals surface area contributed by atoms with Crippen molar-refractivity contribution in [3.05, 3.63) is 44.0 Å². The number of fused-ring (bicyclic) bond motifs is 3. The summed E-state index contributed by atoms with van der Waals surface area (Å²) < 4.78 is 4.04. The van der Waals surface area contributed by atoms with Crippen LogP contribution >= 0.6 is 58.0 Å². The number of benzene rings is 1. The summed E-state index contributed by atoms with van der Waals surface area (Å²) in [6.07, 6.45) is 0. The normalized spacial score (nSPS) is 12.5. The maximum absolute atomic E-state index is 12.0. The van der Waals surface area contributed by atoms with Gasteiger partial charge in [-0.05, 0) is 64.8 Å². The topological polar surface area (TPSA) is 17.1 Å². The van der Waals surface area contributed by atoms with E-state index < -0.39 is 0 Å². The highest BCUT2D eigenvalue weighted by Gasteiger charge is 2.27. The quantitative estimate of drug-likeness (QED) is 0.213. The Morgan fingerprint density at radius 1 is 0.714 bits per heavy atom. The van der Waals surface area contributed by atoms with E-state index >= 15 is 0 Å². The van der Waals surface area contributed by atoms with Gasteiger partial charge < -0.3 is 0 Å². The monoisotopic (exact) mass is 558 g/mol. The zero-order valence-corrected chi connectivity index (χ0v) is 26.4. The van der Waals surface area contributed by atoms with Gasteiger partial charge in [0.25, 0.3) is 0 Å². The molecule has 0 saturated carbocycles. The largest absolute Gasteiger partial charge is 0.281 e.